The normalized spacial score (nSPS) is 11.8. The van der Waals surface area contributed by atoms with Crippen LogP contribution < -0.4 is 5.73 Å². The zero-order valence-electron chi connectivity index (χ0n) is 7.61. The first-order chi connectivity index (χ1) is 6.86. The Labute approximate surface area is 93.0 Å². The van der Waals surface area contributed by atoms with Gasteiger partial charge in [0, 0.05) is 0 Å². The van der Waals surface area contributed by atoms with Crippen LogP contribution in [0.4, 0.5) is 13.2 Å². The van der Waals surface area contributed by atoms with Crippen molar-refractivity contribution in [1.82, 2.24) is 0 Å². The second-order valence-electron chi connectivity index (χ2n) is 3.00. The minimum Gasteiger partial charge on any atom is -0.506 e. The van der Waals surface area contributed by atoms with Crippen LogP contribution in [0.5, 0.6) is 5.75 Å². The third-order valence-corrected chi connectivity index (χ3v) is 2.49. The van der Waals surface area contributed by atoms with Crippen molar-refractivity contribution in [3.05, 3.63) is 27.7 Å². The van der Waals surface area contributed by atoms with Gasteiger partial charge in [-0.05, 0) is 46.6 Å². The van der Waals surface area contributed by atoms with Gasteiger partial charge in [-0.3, -0.25) is 0 Å². The highest BCUT2D eigenvalue weighted by molar-refractivity contribution is 9.10. The molecule has 1 rings (SSSR count). The number of alkyl halides is 3. The van der Waals surface area contributed by atoms with E-state index in [9.17, 15) is 18.3 Å². The SMILES string of the molecule is NCCc1cc(C(F)(F)F)cc(Br)c1O. The fraction of sp³-hybridized carbons (Fsp3) is 0.333. The van der Waals surface area contributed by atoms with Crippen LogP contribution in [0.1, 0.15) is 11.1 Å². The molecule has 84 valence electrons. The van der Waals surface area contributed by atoms with Crippen LogP contribution in [0.25, 0.3) is 0 Å². The predicted octanol–water partition coefficient (Wildman–Crippen LogP) is 2.67. The number of nitrogens with two attached hydrogens (primary N) is 1. The lowest BCUT2D eigenvalue weighted by atomic mass is 10.1. The van der Waals surface area contributed by atoms with Crippen molar-refractivity contribution in [1.29, 1.82) is 0 Å². The van der Waals surface area contributed by atoms with E-state index >= 15 is 0 Å². The Morgan fingerprint density at radius 2 is 1.93 bits per heavy atom. The minimum atomic E-state index is -4.42. The van der Waals surface area contributed by atoms with Crippen LogP contribution >= 0.6 is 15.9 Å². The third-order valence-electron chi connectivity index (χ3n) is 1.88. The van der Waals surface area contributed by atoms with E-state index in [2.05, 4.69) is 15.9 Å². The lowest BCUT2D eigenvalue weighted by Crippen LogP contribution is -2.08. The molecule has 0 aliphatic rings. The maximum Gasteiger partial charge on any atom is 0.416 e. The second kappa shape index (κ2) is 4.40. The average Bonchev–Trinajstić information content (AvgIpc) is 2.11. The summed E-state index contributed by atoms with van der Waals surface area (Å²) in [4.78, 5) is 0. The number of phenolic OH excluding ortho intramolecular Hbond substituents is 1. The van der Waals surface area contributed by atoms with Crippen LogP contribution in [0, 0.1) is 0 Å². The molecule has 0 aliphatic heterocycles. The van der Waals surface area contributed by atoms with Crippen LogP contribution in [-0.2, 0) is 12.6 Å². The summed E-state index contributed by atoms with van der Waals surface area (Å²) in [5.41, 5.74) is 4.63. The molecular weight excluding hydrogens is 275 g/mol. The number of rotatable bonds is 2. The highest BCUT2D eigenvalue weighted by atomic mass is 79.9. The van der Waals surface area contributed by atoms with Gasteiger partial charge in [0.05, 0.1) is 10.0 Å². The Morgan fingerprint density at radius 3 is 2.40 bits per heavy atom. The average molecular weight is 284 g/mol. The van der Waals surface area contributed by atoms with Gasteiger partial charge in [-0.25, -0.2) is 0 Å². The summed E-state index contributed by atoms with van der Waals surface area (Å²) < 4.78 is 37.2. The fourth-order valence-corrected chi connectivity index (χ4v) is 1.67. The highest BCUT2D eigenvalue weighted by Gasteiger charge is 2.31. The number of hydrogen-bond donors (Lipinski definition) is 2. The van der Waals surface area contributed by atoms with Crippen molar-refractivity contribution in [3.8, 4) is 5.75 Å². The lowest BCUT2D eigenvalue weighted by molar-refractivity contribution is -0.137. The van der Waals surface area contributed by atoms with E-state index in [1.165, 1.54) is 0 Å². The summed E-state index contributed by atoms with van der Waals surface area (Å²) in [5.74, 6) is -0.187. The second-order valence-corrected chi connectivity index (χ2v) is 3.86. The molecule has 15 heavy (non-hydrogen) atoms. The van der Waals surface area contributed by atoms with Crippen LogP contribution in [0.15, 0.2) is 16.6 Å². The molecule has 1 aromatic rings. The number of hydrogen-bond acceptors (Lipinski definition) is 2. The smallest absolute Gasteiger partial charge is 0.416 e. The molecule has 0 saturated heterocycles. The van der Waals surface area contributed by atoms with E-state index in [1.807, 2.05) is 0 Å². The monoisotopic (exact) mass is 283 g/mol. The molecule has 0 atom stereocenters. The maximum absolute atomic E-state index is 12.4. The van der Waals surface area contributed by atoms with Gasteiger partial charge in [0.2, 0.25) is 0 Å². The van der Waals surface area contributed by atoms with Gasteiger partial charge in [-0.15, -0.1) is 0 Å². The van der Waals surface area contributed by atoms with Crippen molar-refractivity contribution in [2.75, 3.05) is 6.54 Å². The van der Waals surface area contributed by atoms with Gasteiger partial charge in [0.15, 0.2) is 0 Å². The molecule has 0 aromatic heterocycles. The number of phenols is 1. The lowest BCUT2D eigenvalue weighted by Gasteiger charge is -2.11. The summed E-state index contributed by atoms with van der Waals surface area (Å²) in [7, 11) is 0. The van der Waals surface area contributed by atoms with Gasteiger partial charge >= 0.3 is 6.18 Å². The molecule has 0 radical (unpaired) electrons. The van der Waals surface area contributed by atoms with Crippen LogP contribution in [0.2, 0.25) is 0 Å². The van der Waals surface area contributed by atoms with E-state index in [0.717, 1.165) is 12.1 Å². The van der Waals surface area contributed by atoms with Gasteiger partial charge in [0.25, 0.3) is 0 Å². The summed E-state index contributed by atoms with van der Waals surface area (Å²) in [5, 5.41) is 9.45. The largest absolute Gasteiger partial charge is 0.506 e. The van der Waals surface area contributed by atoms with Crippen molar-refractivity contribution in [3.63, 3.8) is 0 Å². The Balaban J connectivity index is 3.23. The molecule has 6 heteroatoms. The van der Waals surface area contributed by atoms with E-state index in [0.29, 0.717) is 0 Å². The molecule has 3 N–H and O–H groups in total. The third kappa shape index (κ3) is 2.85. The molecule has 0 spiro atoms. The molecular formula is C9H9BrF3NO. The maximum atomic E-state index is 12.4. The summed E-state index contributed by atoms with van der Waals surface area (Å²) in [6.45, 7) is 0.182. The number of halogens is 4. The molecule has 0 heterocycles. The first-order valence-corrected chi connectivity index (χ1v) is 4.94. The van der Waals surface area contributed by atoms with E-state index in [4.69, 9.17) is 5.73 Å². The summed E-state index contributed by atoms with van der Waals surface area (Å²) in [6.07, 6.45) is -4.21. The Bertz CT molecular complexity index is 365. The van der Waals surface area contributed by atoms with Crippen LogP contribution in [0.3, 0.4) is 0 Å². The van der Waals surface area contributed by atoms with Crippen molar-refractivity contribution in [2.24, 2.45) is 5.73 Å². The van der Waals surface area contributed by atoms with E-state index in [1.54, 1.807) is 0 Å². The van der Waals surface area contributed by atoms with E-state index < -0.39 is 11.7 Å². The van der Waals surface area contributed by atoms with Gasteiger partial charge in [-0.2, -0.15) is 13.2 Å². The summed E-state index contributed by atoms with van der Waals surface area (Å²) >= 11 is 2.87. The number of benzene rings is 1. The molecule has 0 saturated carbocycles. The van der Waals surface area contributed by atoms with Crippen molar-refractivity contribution in [2.45, 2.75) is 12.6 Å². The minimum absolute atomic E-state index is 0.0285. The highest BCUT2D eigenvalue weighted by Crippen LogP contribution is 2.37. The molecule has 0 fully saturated rings. The van der Waals surface area contributed by atoms with E-state index in [-0.39, 0.29) is 28.8 Å². The Morgan fingerprint density at radius 1 is 1.33 bits per heavy atom. The van der Waals surface area contributed by atoms with Gasteiger partial charge in [-0.1, -0.05) is 0 Å². The topological polar surface area (TPSA) is 46.2 Å². The van der Waals surface area contributed by atoms with Gasteiger partial charge < -0.3 is 10.8 Å². The zero-order chi connectivity index (χ0) is 11.6. The molecule has 0 bridgehead atoms. The first kappa shape index (κ1) is 12.3. The molecule has 1 aromatic carbocycles. The fourth-order valence-electron chi connectivity index (χ4n) is 1.17. The number of aromatic hydroxyl groups is 1. The molecule has 2 nitrogen and oxygen atoms in total. The predicted molar refractivity (Wildman–Crippen MR) is 53.6 cm³/mol. The zero-order valence-corrected chi connectivity index (χ0v) is 9.19. The molecule has 0 aliphatic carbocycles. The Hall–Kier alpha value is -0.750. The van der Waals surface area contributed by atoms with Crippen molar-refractivity contribution < 1.29 is 18.3 Å². The molecule has 0 unspecified atom stereocenters. The quantitative estimate of drug-likeness (QED) is 0.877. The Kier molecular flexibility index (Phi) is 3.62. The van der Waals surface area contributed by atoms with Gasteiger partial charge in [0.1, 0.15) is 5.75 Å². The van der Waals surface area contributed by atoms with Crippen molar-refractivity contribution >= 4 is 15.9 Å². The molecule has 0 amide bonds. The first-order valence-electron chi connectivity index (χ1n) is 4.15. The van der Waals surface area contributed by atoms with Crippen LogP contribution in [-0.4, -0.2) is 11.7 Å². The standard InChI is InChI=1S/C9H9BrF3NO/c10-7-4-6(9(11,12)13)3-5(1-2-14)8(7)15/h3-4,15H,1-2,14H2. The summed E-state index contributed by atoms with van der Waals surface area (Å²) in [6, 6.07) is 1.75.